The maximum atomic E-state index is 5.36. The van der Waals surface area contributed by atoms with E-state index >= 15 is 0 Å². The van der Waals surface area contributed by atoms with Crippen LogP contribution in [0, 0.1) is 0 Å². The molecule has 3 rings (SSSR count). The number of nitrogen functional groups attached to an aromatic ring is 1. The van der Waals surface area contributed by atoms with Gasteiger partial charge in [-0.25, -0.2) is 5.84 Å². The van der Waals surface area contributed by atoms with Crippen molar-refractivity contribution in [3.05, 3.63) is 30.3 Å². The fourth-order valence-corrected chi connectivity index (χ4v) is 2.64. The number of H-pyrrole nitrogens is 1. The first-order valence-electron chi connectivity index (χ1n) is 6.39. The smallest absolute Gasteiger partial charge is 0.322 e. The molecule has 8 heteroatoms. The molecule has 1 aromatic carbocycles. The Bertz CT molecular complexity index is 726. The molecule has 0 aliphatic heterocycles. The molecule has 2 aromatic heterocycles. The first kappa shape index (κ1) is 13.7. The highest BCUT2D eigenvalue weighted by Gasteiger charge is 2.10. The molecule has 0 radical (unpaired) electrons. The summed E-state index contributed by atoms with van der Waals surface area (Å²) in [6.07, 6.45) is 0. The zero-order chi connectivity index (χ0) is 14.7. The number of aromatic amines is 1. The quantitative estimate of drug-likeness (QED) is 0.490. The molecular weight excluding hydrogens is 288 g/mol. The van der Waals surface area contributed by atoms with Crippen LogP contribution in [0.2, 0.25) is 0 Å². The molecule has 21 heavy (non-hydrogen) atoms. The Labute approximate surface area is 125 Å². The maximum Gasteiger partial charge on any atom is 0.322 e. The zero-order valence-electron chi connectivity index (χ0n) is 11.3. The average Bonchev–Trinajstić information content (AvgIpc) is 2.89. The molecule has 0 fully saturated rings. The summed E-state index contributed by atoms with van der Waals surface area (Å²) in [6.45, 7) is 2.34. The van der Waals surface area contributed by atoms with Gasteiger partial charge in [0.15, 0.2) is 0 Å². The monoisotopic (exact) mass is 302 g/mol. The van der Waals surface area contributed by atoms with E-state index in [4.69, 9.17) is 10.6 Å². The number of ether oxygens (including phenoxy) is 1. The predicted octanol–water partition coefficient (Wildman–Crippen LogP) is 2.19. The van der Waals surface area contributed by atoms with Gasteiger partial charge in [-0.2, -0.15) is 15.0 Å². The standard InChI is InChI=1S/C13H14N6OS/c1-2-20-12-16-11(19-14)17-13(18-12)21-10-7-8-5-3-4-6-9(8)15-10/h3-7,15H,2,14H2,1H3,(H,16,17,18,19). The SMILES string of the molecule is CCOc1nc(NN)nc(Sc2cc3ccccc3[nH]2)n1. The van der Waals surface area contributed by atoms with Gasteiger partial charge in [0, 0.05) is 10.9 Å². The molecule has 0 atom stereocenters. The van der Waals surface area contributed by atoms with Gasteiger partial charge in [-0.3, -0.25) is 5.43 Å². The summed E-state index contributed by atoms with van der Waals surface area (Å²) in [4.78, 5) is 15.8. The number of nitrogens with one attached hydrogen (secondary N) is 2. The summed E-state index contributed by atoms with van der Waals surface area (Å²) in [5.41, 5.74) is 3.48. The van der Waals surface area contributed by atoms with E-state index in [1.54, 1.807) is 0 Å². The highest BCUT2D eigenvalue weighted by Crippen LogP contribution is 2.28. The number of rotatable bonds is 5. The third-order valence-corrected chi connectivity index (χ3v) is 3.51. The minimum atomic E-state index is 0.249. The normalized spacial score (nSPS) is 10.8. The van der Waals surface area contributed by atoms with Gasteiger partial charge in [-0.05, 0) is 30.8 Å². The first-order valence-corrected chi connectivity index (χ1v) is 7.21. The molecule has 0 aliphatic carbocycles. The number of nitrogens with two attached hydrogens (primary N) is 1. The van der Waals surface area contributed by atoms with E-state index in [2.05, 4.69) is 25.4 Å². The van der Waals surface area contributed by atoms with E-state index in [9.17, 15) is 0 Å². The number of para-hydroxylation sites is 1. The number of anilines is 1. The van der Waals surface area contributed by atoms with Crippen molar-refractivity contribution in [3.8, 4) is 6.01 Å². The molecule has 3 aromatic rings. The molecule has 7 nitrogen and oxygen atoms in total. The van der Waals surface area contributed by atoms with Crippen LogP contribution < -0.4 is 16.0 Å². The summed E-state index contributed by atoms with van der Waals surface area (Å²) < 4.78 is 5.30. The van der Waals surface area contributed by atoms with Crippen molar-refractivity contribution in [1.29, 1.82) is 0 Å². The number of hydrogen-bond acceptors (Lipinski definition) is 7. The molecule has 4 N–H and O–H groups in total. The average molecular weight is 302 g/mol. The van der Waals surface area contributed by atoms with Gasteiger partial charge in [0.2, 0.25) is 11.1 Å². The molecule has 0 unspecified atom stereocenters. The lowest BCUT2D eigenvalue weighted by molar-refractivity contribution is 0.308. The Morgan fingerprint density at radius 2 is 2.14 bits per heavy atom. The fourth-order valence-electron chi connectivity index (χ4n) is 1.84. The molecule has 108 valence electrons. The number of fused-ring (bicyclic) bond motifs is 1. The van der Waals surface area contributed by atoms with Gasteiger partial charge in [0.1, 0.15) is 0 Å². The molecular formula is C13H14N6OS. The number of nitrogens with zero attached hydrogens (tertiary/aromatic N) is 3. The van der Waals surface area contributed by atoms with Crippen LogP contribution in [0.4, 0.5) is 5.95 Å². The van der Waals surface area contributed by atoms with Crippen LogP contribution in [0.15, 0.2) is 40.5 Å². The van der Waals surface area contributed by atoms with Crippen LogP contribution in [-0.2, 0) is 0 Å². The second-order valence-corrected chi connectivity index (χ2v) is 5.13. The lowest BCUT2D eigenvalue weighted by atomic mass is 10.3. The van der Waals surface area contributed by atoms with E-state index in [-0.39, 0.29) is 12.0 Å². The van der Waals surface area contributed by atoms with Gasteiger partial charge in [0.25, 0.3) is 0 Å². The summed E-state index contributed by atoms with van der Waals surface area (Å²) in [5, 5.41) is 2.58. The van der Waals surface area contributed by atoms with Gasteiger partial charge in [-0.1, -0.05) is 18.2 Å². The van der Waals surface area contributed by atoms with Crippen molar-refractivity contribution in [2.45, 2.75) is 17.1 Å². The van der Waals surface area contributed by atoms with Crippen molar-refractivity contribution in [3.63, 3.8) is 0 Å². The van der Waals surface area contributed by atoms with Gasteiger partial charge >= 0.3 is 6.01 Å². The highest BCUT2D eigenvalue weighted by molar-refractivity contribution is 7.99. The van der Waals surface area contributed by atoms with Gasteiger partial charge < -0.3 is 9.72 Å². The second-order valence-electron chi connectivity index (χ2n) is 4.12. The summed E-state index contributed by atoms with van der Waals surface area (Å²) in [6, 6.07) is 10.3. The molecule has 0 aliphatic rings. The van der Waals surface area contributed by atoms with E-state index < -0.39 is 0 Å². The van der Waals surface area contributed by atoms with Crippen LogP contribution in [0.25, 0.3) is 10.9 Å². The molecule has 0 bridgehead atoms. The van der Waals surface area contributed by atoms with Crippen molar-refractivity contribution < 1.29 is 4.74 Å². The summed E-state index contributed by atoms with van der Waals surface area (Å²) in [7, 11) is 0. The zero-order valence-corrected chi connectivity index (χ0v) is 12.1. The Balaban J connectivity index is 1.90. The Kier molecular flexibility index (Phi) is 3.89. The third-order valence-electron chi connectivity index (χ3n) is 2.70. The maximum absolute atomic E-state index is 5.36. The Hall–Kier alpha value is -2.32. The number of hydrazine groups is 1. The number of hydrogen-bond donors (Lipinski definition) is 3. The molecule has 0 saturated heterocycles. The second kappa shape index (κ2) is 5.98. The minimum absolute atomic E-state index is 0.249. The number of aromatic nitrogens is 4. The van der Waals surface area contributed by atoms with Crippen LogP contribution in [0.3, 0.4) is 0 Å². The van der Waals surface area contributed by atoms with Crippen LogP contribution in [0.1, 0.15) is 6.92 Å². The first-order chi connectivity index (χ1) is 10.3. The molecule has 0 amide bonds. The minimum Gasteiger partial charge on any atom is -0.464 e. The Morgan fingerprint density at radius 1 is 1.29 bits per heavy atom. The van der Waals surface area contributed by atoms with Crippen molar-refractivity contribution in [1.82, 2.24) is 19.9 Å². The van der Waals surface area contributed by atoms with Crippen LogP contribution >= 0.6 is 11.8 Å². The van der Waals surface area contributed by atoms with Crippen molar-refractivity contribution in [2.24, 2.45) is 5.84 Å². The summed E-state index contributed by atoms with van der Waals surface area (Å²) in [5.74, 6) is 5.63. The topological polar surface area (TPSA) is 102 Å². The highest BCUT2D eigenvalue weighted by atomic mass is 32.2. The van der Waals surface area contributed by atoms with E-state index in [0.717, 1.165) is 15.9 Å². The number of benzene rings is 1. The lowest BCUT2D eigenvalue weighted by Gasteiger charge is -2.05. The fraction of sp³-hybridized carbons (Fsp3) is 0.154. The predicted molar refractivity (Wildman–Crippen MR) is 81.2 cm³/mol. The largest absolute Gasteiger partial charge is 0.464 e. The lowest BCUT2D eigenvalue weighted by Crippen LogP contribution is -2.12. The Morgan fingerprint density at radius 3 is 2.90 bits per heavy atom. The molecule has 0 spiro atoms. The van der Waals surface area contributed by atoms with Crippen molar-refractivity contribution in [2.75, 3.05) is 12.0 Å². The van der Waals surface area contributed by atoms with Gasteiger partial charge in [-0.15, -0.1) is 0 Å². The third kappa shape index (κ3) is 3.06. The van der Waals surface area contributed by atoms with E-state index in [1.807, 2.05) is 37.3 Å². The molecule has 2 heterocycles. The van der Waals surface area contributed by atoms with Crippen LogP contribution in [-0.4, -0.2) is 26.5 Å². The summed E-state index contributed by atoms with van der Waals surface area (Å²) >= 11 is 1.39. The van der Waals surface area contributed by atoms with E-state index in [1.165, 1.54) is 11.8 Å². The van der Waals surface area contributed by atoms with Crippen LogP contribution in [0.5, 0.6) is 6.01 Å². The molecule has 0 saturated carbocycles. The van der Waals surface area contributed by atoms with Crippen molar-refractivity contribution >= 4 is 28.6 Å². The van der Waals surface area contributed by atoms with Gasteiger partial charge in [0.05, 0.1) is 11.6 Å². The van der Waals surface area contributed by atoms with E-state index in [0.29, 0.717) is 11.8 Å².